The summed E-state index contributed by atoms with van der Waals surface area (Å²) >= 11 is 4.48. The highest BCUT2D eigenvalue weighted by molar-refractivity contribution is 14.1. The molecule has 0 saturated heterocycles. The SMILES string of the molecule is Oc1cccc(C2c3ccc([nH]3)Cc3ccc([nH]3)C(c3cccc(O)c3I)c3ccc([nH]3)Cc3ccc2[nH]3)c1I. The number of hydrogen-bond acceptors (Lipinski definition) is 2. The molecule has 6 aromatic rings. The number of nitrogens with one attached hydrogen (secondary N) is 4. The quantitative estimate of drug-likeness (QED) is 0.103. The molecular weight excluding hydrogens is 726 g/mol. The van der Waals surface area contributed by atoms with Crippen LogP contribution < -0.4 is 0 Å². The van der Waals surface area contributed by atoms with Gasteiger partial charge < -0.3 is 30.1 Å². The first-order chi connectivity index (χ1) is 19.4. The Morgan fingerprint density at radius 3 is 1.12 bits per heavy atom. The summed E-state index contributed by atoms with van der Waals surface area (Å²) < 4.78 is 1.70. The number of benzene rings is 2. The summed E-state index contributed by atoms with van der Waals surface area (Å²) in [6.45, 7) is 0. The highest BCUT2D eigenvalue weighted by Gasteiger charge is 2.26. The minimum atomic E-state index is -0.0787. The van der Waals surface area contributed by atoms with Gasteiger partial charge in [0.25, 0.3) is 0 Å². The van der Waals surface area contributed by atoms with Gasteiger partial charge in [-0.15, -0.1) is 0 Å². The van der Waals surface area contributed by atoms with Crippen LogP contribution in [0.1, 0.15) is 68.5 Å². The van der Waals surface area contributed by atoms with E-state index in [1.54, 1.807) is 12.1 Å². The summed E-state index contributed by atoms with van der Waals surface area (Å²) in [5.41, 5.74) is 10.8. The van der Waals surface area contributed by atoms with Crippen LogP contribution in [-0.4, -0.2) is 30.1 Å². The van der Waals surface area contributed by atoms with Gasteiger partial charge >= 0.3 is 0 Å². The molecule has 200 valence electrons. The van der Waals surface area contributed by atoms with Crippen LogP contribution in [0.4, 0.5) is 0 Å². The summed E-state index contributed by atoms with van der Waals surface area (Å²) in [5, 5.41) is 21.0. The van der Waals surface area contributed by atoms with E-state index in [0.717, 1.165) is 76.7 Å². The second-order valence-corrected chi connectivity index (χ2v) is 12.5. The standard InChI is InChI=1S/C32H26I2N4O2/c33-31-21(3-1-5-27(31)39)29-23-11-7-17(35-23)15-19-9-13-25(37-19)30(22-4-2-6-28(40)32(22)34)26-14-10-20(38-26)16-18-8-12-24(29)36-18/h1-14,29-30,35-40H,15-16H2. The molecule has 8 bridgehead atoms. The van der Waals surface area contributed by atoms with Crippen LogP contribution in [-0.2, 0) is 12.8 Å². The van der Waals surface area contributed by atoms with Crippen molar-refractivity contribution in [3.05, 3.63) is 149 Å². The molecule has 5 heterocycles. The number of fused-ring (bicyclic) bond motifs is 8. The molecule has 8 heteroatoms. The molecule has 0 atom stereocenters. The second-order valence-electron chi connectivity index (χ2n) is 10.3. The van der Waals surface area contributed by atoms with Crippen molar-refractivity contribution >= 4 is 45.2 Å². The molecule has 2 aromatic carbocycles. The number of aromatic amines is 4. The molecule has 0 unspecified atom stereocenters. The van der Waals surface area contributed by atoms with Crippen LogP contribution in [0, 0.1) is 7.14 Å². The van der Waals surface area contributed by atoms with Crippen LogP contribution in [0.25, 0.3) is 0 Å². The van der Waals surface area contributed by atoms with Gasteiger partial charge in [-0.1, -0.05) is 24.3 Å². The zero-order valence-electron chi connectivity index (χ0n) is 21.3. The minimum absolute atomic E-state index is 0.0787. The fraction of sp³-hybridized carbons (Fsp3) is 0.125. The first-order valence-electron chi connectivity index (χ1n) is 13.1. The fourth-order valence-electron chi connectivity index (χ4n) is 5.86. The normalized spacial score (nSPS) is 16.8. The van der Waals surface area contributed by atoms with E-state index >= 15 is 0 Å². The predicted octanol–water partition coefficient (Wildman–Crippen LogP) is 7.47. The number of hydrogen-bond donors (Lipinski definition) is 6. The lowest BCUT2D eigenvalue weighted by Gasteiger charge is -2.18. The minimum Gasteiger partial charge on any atom is -0.507 e. The van der Waals surface area contributed by atoms with Crippen molar-refractivity contribution in [2.75, 3.05) is 0 Å². The van der Waals surface area contributed by atoms with Crippen molar-refractivity contribution in [2.45, 2.75) is 24.7 Å². The molecule has 1 aliphatic rings. The van der Waals surface area contributed by atoms with Crippen LogP contribution in [0.3, 0.4) is 0 Å². The predicted molar refractivity (Wildman–Crippen MR) is 172 cm³/mol. The van der Waals surface area contributed by atoms with Crippen LogP contribution in [0.2, 0.25) is 0 Å². The Hall–Kier alpha value is -3.38. The zero-order chi connectivity index (χ0) is 27.4. The average molecular weight is 752 g/mol. The summed E-state index contributed by atoms with van der Waals surface area (Å²) in [5.74, 6) is 0.421. The molecule has 40 heavy (non-hydrogen) atoms. The van der Waals surface area contributed by atoms with E-state index in [2.05, 4.69) is 126 Å². The average Bonchev–Trinajstić information content (AvgIpc) is 3.75. The topological polar surface area (TPSA) is 104 Å². The Bertz CT molecular complexity index is 1630. The summed E-state index contributed by atoms with van der Waals surface area (Å²) in [4.78, 5) is 14.7. The lowest BCUT2D eigenvalue weighted by molar-refractivity contribution is 0.469. The van der Waals surface area contributed by atoms with E-state index < -0.39 is 0 Å². The van der Waals surface area contributed by atoms with E-state index in [1.807, 2.05) is 12.1 Å². The number of aromatic nitrogens is 4. The van der Waals surface area contributed by atoms with Crippen molar-refractivity contribution in [1.82, 2.24) is 19.9 Å². The van der Waals surface area contributed by atoms with Crippen LogP contribution >= 0.6 is 45.2 Å². The molecule has 6 nitrogen and oxygen atoms in total. The first-order valence-corrected chi connectivity index (χ1v) is 15.3. The van der Waals surface area contributed by atoms with Crippen LogP contribution in [0.5, 0.6) is 11.5 Å². The smallest absolute Gasteiger partial charge is 0.129 e. The second kappa shape index (κ2) is 10.2. The molecule has 0 aliphatic carbocycles. The van der Waals surface area contributed by atoms with Gasteiger partial charge in [-0.3, -0.25) is 0 Å². The molecule has 1 aliphatic heterocycles. The Kier molecular flexibility index (Phi) is 6.54. The maximum atomic E-state index is 10.5. The first kappa shape index (κ1) is 25.6. The van der Waals surface area contributed by atoms with Gasteiger partial charge in [-0.05, 0) is 117 Å². The molecule has 6 N–H and O–H groups in total. The highest BCUT2D eigenvalue weighted by Crippen LogP contribution is 2.39. The van der Waals surface area contributed by atoms with Gasteiger partial charge in [0.05, 0.1) is 19.0 Å². The van der Waals surface area contributed by atoms with Gasteiger partial charge in [0.15, 0.2) is 0 Å². The number of H-pyrrole nitrogens is 4. The third kappa shape index (κ3) is 4.56. The number of phenolic OH excluding ortho intramolecular Hbond substituents is 2. The summed E-state index contributed by atoms with van der Waals surface area (Å²) in [6, 6.07) is 28.6. The Balaban J connectivity index is 1.38. The highest BCUT2D eigenvalue weighted by atomic mass is 127. The maximum Gasteiger partial charge on any atom is 0.129 e. The van der Waals surface area contributed by atoms with Crippen LogP contribution in [0.15, 0.2) is 84.9 Å². The van der Waals surface area contributed by atoms with Gasteiger partial charge in [0.2, 0.25) is 0 Å². The van der Waals surface area contributed by atoms with Gasteiger partial charge in [0.1, 0.15) is 11.5 Å². The van der Waals surface area contributed by atoms with Crippen molar-refractivity contribution in [3.63, 3.8) is 0 Å². The van der Waals surface area contributed by atoms with E-state index in [1.165, 1.54) is 0 Å². The maximum absolute atomic E-state index is 10.5. The number of rotatable bonds is 2. The van der Waals surface area contributed by atoms with E-state index in [0.29, 0.717) is 0 Å². The third-order valence-corrected chi connectivity index (χ3v) is 10.1. The summed E-state index contributed by atoms with van der Waals surface area (Å²) in [7, 11) is 0. The van der Waals surface area contributed by atoms with Gasteiger partial charge in [-0.25, -0.2) is 0 Å². The van der Waals surface area contributed by atoms with Crippen molar-refractivity contribution in [3.8, 4) is 11.5 Å². The summed E-state index contributed by atoms with van der Waals surface area (Å²) in [6.07, 6.45) is 1.44. The molecular formula is C32H26I2N4O2. The monoisotopic (exact) mass is 752 g/mol. The molecule has 0 amide bonds. The lowest BCUT2D eigenvalue weighted by Crippen LogP contribution is -2.08. The Morgan fingerprint density at radius 1 is 0.475 bits per heavy atom. The zero-order valence-corrected chi connectivity index (χ0v) is 25.6. The molecule has 4 aromatic heterocycles. The lowest BCUT2D eigenvalue weighted by atomic mass is 9.92. The number of phenols is 2. The molecule has 0 radical (unpaired) electrons. The van der Waals surface area contributed by atoms with Gasteiger partial charge in [0, 0.05) is 58.4 Å². The molecule has 0 fully saturated rings. The van der Waals surface area contributed by atoms with Crippen molar-refractivity contribution < 1.29 is 10.2 Å². The Morgan fingerprint density at radius 2 is 0.800 bits per heavy atom. The Labute approximate surface area is 258 Å². The largest absolute Gasteiger partial charge is 0.507 e. The van der Waals surface area contributed by atoms with Gasteiger partial charge in [-0.2, -0.15) is 0 Å². The van der Waals surface area contributed by atoms with E-state index in [4.69, 9.17) is 0 Å². The van der Waals surface area contributed by atoms with Crippen molar-refractivity contribution in [1.29, 1.82) is 0 Å². The van der Waals surface area contributed by atoms with Crippen molar-refractivity contribution in [2.24, 2.45) is 0 Å². The molecule has 7 rings (SSSR count). The third-order valence-electron chi connectivity index (χ3n) is 7.72. The molecule has 0 saturated carbocycles. The number of aromatic hydroxyl groups is 2. The number of halogens is 2. The fourth-order valence-corrected chi connectivity index (χ4v) is 7.20. The van der Waals surface area contributed by atoms with E-state index in [9.17, 15) is 10.2 Å². The molecule has 0 spiro atoms. The van der Waals surface area contributed by atoms with E-state index in [-0.39, 0.29) is 23.3 Å².